The molecule has 7 heteroatoms. The van der Waals surface area contributed by atoms with E-state index in [0.717, 1.165) is 12.1 Å². The zero-order valence-electron chi connectivity index (χ0n) is 7.93. The molecule has 1 heterocycles. The molecule has 76 valence electrons. The maximum absolute atomic E-state index is 8.29. The van der Waals surface area contributed by atoms with Crippen molar-refractivity contribution in [1.82, 2.24) is 20.4 Å². The van der Waals surface area contributed by atoms with Gasteiger partial charge in [-0.15, -0.1) is 0 Å². The molecule has 0 unspecified atom stereocenters. The average Bonchev–Trinajstić information content (AvgIpc) is 2.14. The van der Waals surface area contributed by atoms with Gasteiger partial charge in [-0.25, -0.2) is 4.98 Å². The van der Waals surface area contributed by atoms with Gasteiger partial charge < -0.3 is 0 Å². The number of hydrogen-bond acceptors (Lipinski definition) is 6. The van der Waals surface area contributed by atoms with Crippen LogP contribution in [0, 0.1) is 6.92 Å². The number of hydrogen-bond donors (Lipinski definition) is 2. The summed E-state index contributed by atoms with van der Waals surface area (Å²) in [7, 11) is 0. The molecule has 0 bridgehead atoms. The minimum Gasteiger partial charge on any atom is -0.290 e. The third-order valence-electron chi connectivity index (χ3n) is 1.23. The van der Waals surface area contributed by atoms with Crippen LogP contribution in [-0.2, 0) is 0 Å². The van der Waals surface area contributed by atoms with Crippen LogP contribution in [0.5, 0.6) is 0 Å². The zero-order valence-corrected chi connectivity index (χ0v) is 8.75. The Morgan fingerprint density at radius 2 is 2.29 bits per heavy atom. The lowest BCUT2D eigenvalue weighted by atomic mass is 10.7. The molecule has 1 rings (SSSR count). The van der Waals surface area contributed by atoms with Gasteiger partial charge in [-0.3, -0.25) is 10.7 Å². The van der Waals surface area contributed by atoms with Gasteiger partial charge in [-0.05, 0) is 12.7 Å². The van der Waals surface area contributed by atoms with Crippen molar-refractivity contribution in [3.05, 3.63) is 5.82 Å². The van der Waals surface area contributed by atoms with Crippen LogP contribution < -0.4 is 5.48 Å². The van der Waals surface area contributed by atoms with Gasteiger partial charge in [-0.2, -0.15) is 15.0 Å². The first kappa shape index (κ1) is 10.9. The number of hydroxylamine groups is 1. The zero-order chi connectivity index (χ0) is 10.4. The number of aliphatic imine (C=N–C) groups is 1. The first-order chi connectivity index (χ1) is 6.76. The third kappa shape index (κ3) is 3.27. The van der Waals surface area contributed by atoms with Crippen molar-refractivity contribution in [3.63, 3.8) is 0 Å². The van der Waals surface area contributed by atoms with Crippen molar-refractivity contribution >= 4 is 24.0 Å². The summed E-state index contributed by atoms with van der Waals surface area (Å²) >= 11 is 1.52. The van der Waals surface area contributed by atoms with E-state index >= 15 is 0 Å². The molecule has 0 radical (unpaired) electrons. The van der Waals surface area contributed by atoms with Gasteiger partial charge in [0.15, 0.2) is 5.16 Å². The molecule has 1 aromatic heterocycles. The lowest BCUT2D eigenvalue weighted by Crippen LogP contribution is -2.02. The van der Waals surface area contributed by atoms with Crippen molar-refractivity contribution in [2.24, 2.45) is 4.99 Å². The summed E-state index contributed by atoms with van der Waals surface area (Å²) in [5.74, 6) is 1.79. The Morgan fingerprint density at radius 3 is 2.93 bits per heavy atom. The summed E-state index contributed by atoms with van der Waals surface area (Å²) in [6.07, 6.45) is 1.11. The Hall–Kier alpha value is -1.21. The molecule has 0 amide bonds. The topological polar surface area (TPSA) is 83.3 Å². The van der Waals surface area contributed by atoms with E-state index in [1.165, 1.54) is 11.8 Å². The fraction of sp³-hybridized carbons (Fsp3) is 0.429. The van der Waals surface area contributed by atoms with Crippen LogP contribution in [0.3, 0.4) is 0 Å². The SMILES string of the molecule is CCSc1nc(C)nc(/N=C/NO)n1. The summed E-state index contributed by atoms with van der Waals surface area (Å²) in [5.41, 5.74) is 1.79. The predicted molar refractivity (Wildman–Crippen MR) is 54.0 cm³/mol. The maximum atomic E-state index is 8.29. The van der Waals surface area contributed by atoms with Gasteiger partial charge in [-0.1, -0.05) is 18.7 Å². The highest BCUT2D eigenvalue weighted by atomic mass is 32.2. The van der Waals surface area contributed by atoms with Crippen LogP contribution in [0.2, 0.25) is 0 Å². The summed E-state index contributed by atoms with van der Waals surface area (Å²) < 4.78 is 0. The number of nitrogens with one attached hydrogen (secondary N) is 1. The van der Waals surface area contributed by atoms with Crippen LogP contribution in [0.15, 0.2) is 10.1 Å². The van der Waals surface area contributed by atoms with E-state index in [2.05, 4.69) is 19.9 Å². The fourth-order valence-corrected chi connectivity index (χ4v) is 1.38. The second kappa shape index (κ2) is 5.51. The van der Waals surface area contributed by atoms with Crippen LogP contribution in [0.25, 0.3) is 0 Å². The van der Waals surface area contributed by atoms with Crippen molar-refractivity contribution in [2.75, 3.05) is 5.75 Å². The second-order valence-corrected chi connectivity index (χ2v) is 3.52. The lowest BCUT2D eigenvalue weighted by molar-refractivity contribution is 0.240. The Kier molecular flexibility index (Phi) is 4.27. The molecular weight excluding hydrogens is 202 g/mol. The molecule has 6 nitrogen and oxygen atoms in total. The molecule has 1 aromatic rings. The molecule has 0 saturated carbocycles. The fourth-order valence-electron chi connectivity index (χ4n) is 0.782. The highest BCUT2D eigenvalue weighted by Crippen LogP contribution is 2.14. The van der Waals surface area contributed by atoms with Crippen LogP contribution in [0.1, 0.15) is 12.7 Å². The second-order valence-electron chi connectivity index (χ2n) is 2.29. The van der Waals surface area contributed by atoms with Crippen LogP contribution >= 0.6 is 11.8 Å². The number of rotatable bonds is 4. The molecule has 2 N–H and O–H groups in total. The minimum atomic E-state index is 0.287. The van der Waals surface area contributed by atoms with E-state index in [-0.39, 0.29) is 5.95 Å². The number of thioether (sulfide) groups is 1. The van der Waals surface area contributed by atoms with Gasteiger partial charge in [0.2, 0.25) is 0 Å². The largest absolute Gasteiger partial charge is 0.290 e. The van der Waals surface area contributed by atoms with Gasteiger partial charge in [0, 0.05) is 0 Å². The summed E-state index contributed by atoms with van der Waals surface area (Å²) in [4.78, 5) is 15.9. The van der Waals surface area contributed by atoms with Crippen molar-refractivity contribution < 1.29 is 5.21 Å². The Bertz CT molecular complexity index is 330. The predicted octanol–water partition coefficient (Wildman–Crippen LogP) is 0.931. The molecule has 0 aliphatic rings. The first-order valence-corrected chi connectivity index (χ1v) is 5.02. The van der Waals surface area contributed by atoms with Crippen molar-refractivity contribution in [3.8, 4) is 0 Å². The Labute approximate surface area is 85.9 Å². The molecule has 0 saturated heterocycles. The van der Waals surface area contributed by atoms with Crippen LogP contribution in [0.4, 0.5) is 5.95 Å². The van der Waals surface area contributed by atoms with Gasteiger partial charge in [0.05, 0.1) is 0 Å². The summed E-state index contributed by atoms with van der Waals surface area (Å²) in [6, 6.07) is 0. The molecule has 0 aliphatic carbocycles. The Morgan fingerprint density at radius 1 is 1.50 bits per heavy atom. The molecule has 0 fully saturated rings. The molecule has 0 aliphatic heterocycles. The van der Waals surface area contributed by atoms with Crippen molar-refractivity contribution in [1.29, 1.82) is 0 Å². The maximum Gasteiger partial charge on any atom is 0.255 e. The standard InChI is InChI=1S/C7H11N5OS/c1-3-14-7-11-5(2)10-6(12-7)8-4-9-13/h4,13H,3H2,1-2H3,(H,8,9,10,11,12). The number of nitrogens with zero attached hydrogens (tertiary/aromatic N) is 4. The monoisotopic (exact) mass is 213 g/mol. The van der Waals surface area contributed by atoms with E-state index in [0.29, 0.717) is 11.0 Å². The van der Waals surface area contributed by atoms with Gasteiger partial charge >= 0.3 is 0 Å². The van der Waals surface area contributed by atoms with E-state index in [4.69, 9.17) is 5.21 Å². The van der Waals surface area contributed by atoms with Gasteiger partial charge in [0.25, 0.3) is 5.95 Å². The average molecular weight is 213 g/mol. The summed E-state index contributed by atoms with van der Waals surface area (Å²) in [6.45, 7) is 3.79. The van der Waals surface area contributed by atoms with E-state index in [9.17, 15) is 0 Å². The number of aryl methyl sites for hydroxylation is 1. The van der Waals surface area contributed by atoms with Gasteiger partial charge in [0.1, 0.15) is 12.2 Å². The van der Waals surface area contributed by atoms with E-state index in [1.54, 1.807) is 12.4 Å². The quantitative estimate of drug-likeness (QED) is 0.335. The minimum absolute atomic E-state index is 0.287. The van der Waals surface area contributed by atoms with Crippen molar-refractivity contribution in [2.45, 2.75) is 19.0 Å². The molecular formula is C7H11N5OS. The molecule has 0 aromatic carbocycles. The normalized spacial score (nSPS) is 10.8. The lowest BCUT2D eigenvalue weighted by Gasteiger charge is -1.99. The molecule has 0 spiro atoms. The first-order valence-electron chi connectivity index (χ1n) is 4.04. The van der Waals surface area contributed by atoms with E-state index in [1.807, 2.05) is 6.92 Å². The Balaban J connectivity index is 2.89. The van der Waals surface area contributed by atoms with Crippen LogP contribution in [-0.4, -0.2) is 32.3 Å². The smallest absolute Gasteiger partial charge is 0.255 e. The summed E-state index contributed by atoms with van der Waals surface area (Å²) in [5, 5.41) is 8.94. The highest BCUT2D eigenvalue weighted by Gasteiger charge is 2.01. The molecule has 0 atom stereocenters. The third-order valence-corrected chi connectivity index (χ3v) is 1.96. The highest BCUT2D eigenvalue weighted by molar-refractivity contribution is 7.99. The number of aromatic nitrogens is 3. The van der Waals surface area contributed by atoms with E-state index < -0.39 is 0 Å². The molecule has 14 heavy (non-hydrogen) atoms.